The van der Waals surface area contributed by atoms with Gasteiger partial charge in [0.05, 0.1) is 6.04 Å². The second-order valence-electron chi connectivity index (χ2n) is 1.85. The molecule has 0 aromatic rings. The first kappa shape index (κ1) is 8.90. The van der Waals surface area contributed by atoms with E-state index in [-0.39, 0.29) is 0 Å². The highest BCUT2D eigenvalue weighted by Crippen LogP contribution is 1.75. The van der Waals surface area contributed by atoms with Gasteiger partial charge in [-0.05, 0) is 6.92 Å². The van der Waals surface area contributed by atoms with Gasteiger partial charge in [0.1, 0.15) is 0 Å². The first-order valence-corrected chi connectivity index (χ1v) is 2.77. The lowest BCUT2D eigenvalue weighted by Gasteiger charge is -2.04. The molecule has 0 heterocycles. The summed E-state index contributed by atoms with van der Waals surface area (Å²) in [5.41, 5.74) is 6.99. The van der Waals surface area contributed by atoms with Crippen LogP contribution in [0, 0.1) is 0 Å². The van der Waals surface area contributed by atoms with Crippen molar-refractivity contribution in [2.75, 3.05) is 0 Å². The topological polar surface area (TPSA) is 81.4 Å². The molecule has 5 heteroatoms. The van der Waals surface area contributed by atoms with E-state index in [2.05, 4.69) is 4.84 Å². The molecule has 0 rings (SSSR count). The molecule has 0 aliphatic rings. The van der Waals surface area contributed by atoms with E-state index in [1.807, 2.05) is 5.48 Å². The lowest BCUT2D eigenvalue weighted by molar-refractivity contribution is -0.156. The van der Waals surface area contributed by atoms with E-state index in [4.69, 9.17) is 5.73 Å². The molecule has 3 N–H and O–H groups in total. The van der Waals surface area contributed by atoms with Crippen LogP contribution in [0.4, 0.5) is 0 Å². The predicted molar refractivity (Wildman–Crippen MR) is 33.6 cm³/mol. The third-order valence-corrected chi connectivity index (χ3v) is 0.709. The van der Waals surface area contributed by atoms with Crippen molar-refractivity contribution < 1.29 is 14.4 Å². The van der Waals surface area contributed by atoms with Crippen LogP contribution in [0.25, 0.3) is 0 Å². The molecular weight excluding hydrogens is 136 g/mol. The molecule has 1 unspecified atom stereocenters. The van der Waals surface area contributed by atoms with Gasteiger partial charge in [-0.3, -0.25) is 9.59 Å². The van der Waals surface area contributed by atoms with E-state index < -0.39 is 17.9 Å². The second-order valence-corrected chi connectivity index (χ2v) is 1.85. The van der Waals surface area contributed by atoms with Gasteiger partial charge in [-0.2, -0.15) is 5.48 Å². The summed E-state index contributed by atoms with van der Waals surface area (Å²) in [6.07, 6.45) is 0. The van der Waals surface area contributed by atoms with Crippen LogP contribution >= 0.6 is 0 Å². The fourth-order valence-corrected chi connectivity index (χ4v) is 0.215. The molecular formula is C5H10N2O3. The summed E-state index contributed by atoms with van der Waals surface area (Å²) in [5.74, 6) is -1.09. The van der Waals surface area contributed by atoms with E-state index in [0.717, 1.165) is 0 Å². The Kier molecular flexibility index (Phi) is 3.42. The van der Waals surface area contributed by atoms with Crippen LogP contribution in [-0.4, -0.2) is 17.9 Å². The summed E-state index contributed by atoms with van der Waals surface area (Å²) in [7, 11) is 0. The van der Waals surface area contributed by atoms with Gasteiger partial charge in [0.2, 0.25) is 0 Å². The average Bonchev–Trinajstić information content (AvgIpc) is 1.82. The Morgan fingerprint density at radius 3 is 2.40 bits per heavy atom. The lowest BCUT2D eigenvalue weighted by Crippen LogP contribution is -2.39. The standard InChI is InChI=1S/C5H10N2O3/c1-3(6)5(9)7-10-4(2)8/h3H,6H2,1-2H3,(H,7,9). The van der Waals surface area contributed by atoms with Gasteiger partial charge in [0.25, 0.3) is 5.91 Å². The van der Waals surface area contributed by atoms with E-state index in [1.54, 1.807) is 0 Å². The van der Waals surface area contributed by atoms with Gasteiger partial charge in [0.15, 0.2) is 0 Å². The molecule has 5 nitrogen and oxygen atoms in total. The van der Waals surface area contributed by atoms with E-state index in [9.17, 15) is 9.59 Å². The number of hydroxylamine groups is 1. The lowest BCUT2D eigenvalue weighted by atomic mass is 10.4. The summed E-state index contributed by atoms with van der Waals surface area (Å²) in [6, 6.07) is -0.667. The molecule has 1 atom stereocenters. The molecule has 0 saturated heterocycles. The van der Waals surface area contributed by atoms with Crippen molar-refractivity contribution in [2.24, 2.45) is 5.73 Å². The van der Waals surface area contributed by atoms with E-state index in [1.165, 1.54) is 13.8 Å². The molecule has 0 aromatic carbocycles. The summed E-state index contributed by atoms with van der Waals surface area (Å²) >= 11 is 0. The summed E-state index contributed by atoms with van der Waals surface area (Å²) < 4.78 is 0. The predicted octanol–water partition coefficient (Wildman–Crippen LogP) is -1.07. The Hall–Kier alpha value is -1.10. The zero-order chi connectivity index (χ0) is 8.15. The summed E-state index contributed by atoms with van der Waals surface area (Å²) in [6.45, 7) is 2.67. The van der Waals surface area contributed by atoms with Crippen LogP contribution in [0.5, 0.6) is 0 Å². The Labute approximate surface area is 58.5 Å². The Morgan fingerprint density at radius 1 is 1.60 bits per heavy atom. The molecule has 0 saturated carbocycles. The molecule has 58 valence electrons. The van der Waals surface area contributed by atoms with Gasteiger partial charge in [-0.15, -0.1) is 0 Å². The molecule has 0 aliphatic heterocycles. The SMILES string of the molecule is CC(=O)ONC(=O)C(C)N. The summed E-state index contributed by atoms with van der Waals surface area (Å²) in [5, 5.41) is 0. The first-order valence-electron chi connectivity index (χ1n) is 2.77. The minimum atomic E-state index is -0.667. The maximum absolute atomic E-state index is 10.5. The molecule has 0 aliphatic carbocycles. The second kappa shape index (κ2) is 3.84. The van der Waals surface area contributed by atoms with Gasteiger partial charge >= 0.3 is 5.97 Å². The Morgan fingerprint density at radius 2 is 2.10 bits per heavy atom. The quantitative estimate of drug-likeness (QED) is 0.461. The van der Waals surface area contributed by atoms with Gasteiger partial charge < -0.3 is 10.6 Å². The van der Waals surface area contributed by atoms with Crippen LogP contribution in [0.15, 0.2) is 0 Å². The Balaban J connectivity index is 3.50. The highest BCUT2D eigenvalue weighted by molar-refractivity contribution is 5.81. The van der Waals surface area contributed by atoms with Crippen LogP contribution < -0.4 is 11.2 Å². The number of nitrogens with one attached hydrogen (secondary N) is 1. The molecule has 1 amide bonds. The average molecular weight is 146 g/mol. The minimum absolute atomic E-state index is 0.518. The Bertz CT molecular complexity index is 144. The number of hydrogen-bond acceptors (Lipinski definition) is 4. The van der Waals surface area contributed by atoms with Crippen molar-refractivity contribution in [3.63, 3.8) is 0 Å². The van der Waals surface area contributed by atoms with Crippen molar-refractivity contribution in [2.45, 2.75) is 19.9 Å². The fourth-order valence-electron chi connectivity index (χ4n) is 0.215. The minimum Gasteiger partial charge on any atom is -0.341 e. The highest BCUT2D eigenvalue weighted by Gasteiger charge is 2.06. The molecule has 0 spiro atoms. The fraction of sp³-hybridized carbons (Fsp3) is 0.600. The number of carbonyl (C=O) groups is 2. The smallest absolute Gasteiger partial charge is 0.329 e. The zero-order valence-corrected chi connectivity index (χ0v) is 5.88. The number of rotatable bonds is 1. The number of carbonyl (C=O) groups excluding carboxylic acids is 2. The zero-order valence-electron chi connectivity index (χ0n) is 5.88. The van der Waals surface area contributed by atoms with Crippen LogP contribution in [0.1, 0.15) is 13.8 Å². The van der Waals surface area contributed by atoms with Crippen molar-refractivity contribution in [3.05, 3.63) is 0 Å². The molecule has 0 radical (unpaired) electrons. The number of amides is 1. The van der Waals surface area contributed by atoms with E-state index >= 15 is 0 Å². The number of hydrogen-bond donors (Lipinski definition) is 2. The third-order valence-electron chi connectivity index (χ3n) is 0.709. The highest BCUT2D eigenvalue weighted by atomic mass is 16.7. The largest absolute Gasteiger partial charge is 0.341 e. The number of nitrogens with two attached hydrogens (primary N) is 1. The molecule has 0 fully saturated rings. The van der Waals surface area contributed by atoms with Crippen molar-refractivity contribution in [1.29, 1.82) is 0 Å². The van der Waals surface area contributed by atoms with Crippen molar-refractivity contribution in [1.82, 2.24) is 5.48 Å². The van der Waals surface area contributed by atoms with Crippen molar-refractivity contribution in [3.8, 4) is 0 Å². The van der Waals surface area contributed by atoms with Crippen molar-refractivity contribution >= 4 is 11.9 Å². The third kappa shape index (κ3) is 3.85. The molecule has 0 aromatic heterocycles. The maximum atomic E-state index is 10.5. The van der Waals surface area contributed by atoms with Gasteiger partial charge in [-0.1, -0.05) is 0 Å². The van der Waals surface area contributed by atoms with Gasteiger partial charge in [0, 0.05) is 6.92 Å². The van der Waals surface area contributed by atoms with E-state index in [0.29, 0.717) is 0 Å². The van der Waals surface area contributed by atoms with Crippen LogP contribution in [0.2, 0.25) is 0 Å². The first-order chi connectivity index (χ1) is 4.54. The maximum Gasteiger partial charge on any atom is 0.329 e. The monoisotopic (exact) mass is 146 g/mol. The normalized spacial score (nSPS) is 11.9. The van der Waals surface area contributed by atoms with Crippen LogP contribution in [-0.2, 0) is 14.4 Å². The van der Waals surface area contributed by atoms with Crippen LogP contribution in [0.3, 0.4) is 0 Å². The van der Waals surface area contributed by atoms with Gasteiger partial charge in [-0.25, -0.2) is 0 Å². The molecule has 0 bridgehead atoms. The summed E-state index contributed by atoms with van der Waals surface area (Å²) in [4.78, 5) is 24.8. The molecule has 10 heavy (non-hydrogen) atoms.